The molecule has 0 aliphatic carbocycles. The fourth-order valence-corrected chi connectivity index (χ4v) is 4.47. The normalized spacial score (nSPS) is 20.7. The van der Waals surface area contributed by atoms with Crippen molar-refractivity contribution in [1.29, 1.82) is 0 Å². The van der Waals surface area contributed by atoms with Gasteiger partial charge in [-0.1, -0.05) is 63.7 Å². The summed E-state index contributed by atoms with van der Waals surface area (Å²) in [6.45, 7) is 12.7. The standard InChI is InChI=1S/C19H25N3O2S.C2H6/c1-4-15-5-7-16(8-6-15)13(2)17-18(24)20-19(25-17)22-11-9-21(10-12-22)14(3)23;1-2/h5-8,13,17H,4,9-12H2,1-3H3;1-2H3. The number of amides is 2. The molecule has 0 N–H and O–H groups in total. The van der Waals surface area contributed by atoms with Gasteiger partial charge in [0.25, 0.3) is 5.91 Å². The molecule has 1 aromatic carbocycles. The molecule has 1 aromatic rings. The lowest BCUT2D eigenvalue weighted by Gasteiger charge is -2.35. The molecule has 0 aromatic heterocycles. The van der Waals surface area contributed by atoms with Crippen molar-refractivity contribution >= 4 is 28.7 Å². The predicted octanol–water partition coefficient (Wildman–Crippen LogP) is 3.54. The maximum absolute atomic E-state index is 12.4. The second-order valence-electron chi connectivity index (χ2n) is 6.65. The Morgan fingerprint density at radius 3 is 2.30 bits per heavy atom. The highest BCUT2D eigenvalue weighted by Crippen LogP contribution is 2.35. The minimum absolute atomic E-state index is 0.0407. The Balaban J connectivity index is 0.00000126. The van der Waals surface area contributed by atoms with E-state index in [9.17, 15) is 9.59 Å². The molecule has 2 atom stereocenters. The van der Waals surface area contributed by atoms with Gasteiger partial charge in [0.1, 0.15) is 5.25 Å². The Labute approximate surface area is 167 Å². The van der Waals surface area contributed by atoms with Crippen LogP contribution >= 0.6 is 11.8 Å². The maximum Gasteiger partial charge on any atom is 0.262 e. The molecule has 0 bridgehead atoms. The average molecular weight is 390 g/mol. The highest BCUT2D eigenvalue weighted by atomic mass is 32.2. The van der Waals surface area contributed by atoms with Gasteiger partial charge in [-0.2, -0.15) is 4.99 Å². The van der Waals surface area contributed by atoms with E-state index in [0.29, 0.717) is 13.1 Å². The molecule has 27 heavy (non-hydrogen) atoms. The van der Waals surface area contributed by atoms with Crippen LogP contribution in [0.25, 0.3) is 0 Å². The zero-order valence-corrected chi connectivity index (χ0v) is 17.9. The van der Waals surface area contributed by atoms with Crippen LogP contribution in [-0.4, -0.2) is 58.2 Å². The molecule has 1 saturated heterocycles. The summed E-state index contributed by atoms with van der Waals surface area (Å²) in [5, 5.41) is 0.656. The summed E-state index contributed by atoms with van der Waals surface area (Å²) in [6.07, 6.45) is 1.02. The summed E-state index contributed by atoms with van der Waals surface area (Å²) < 4.78 is 0. The second kappa shape index (κ2) is 9.93. The number of thioether (sulfide) groups is 1. The molecule has 2 unspecified atom stereocenters. The molecule has 2 amide bonds. The average Bonchev–Trinajstić information content (AvgIpc) is 3.10. The number of piperazine rings is 1. The topological polar surface area (TPSA) is 53.0 Å². The van der Waals surface area contributed by atoms with Gasteiger partial charge in [-0.05, 0) is 17.5 Å². The van der Waals surface area contributed by atoms with Crippen molar-refractivity contribution in [1.82, 2.24) is 9.80 Å². The molecule has 5 nitrogen and oxygen atoms in total. The maximum atomic E-state index is 12.4. The first-order chi connectivity index (χ1) is 13.0. The van der Waals surface area contributed by atoms with Crippen LogP contribution < -0.4 is 0 Å². The first-order valence-electron chi connectivity index (χ1n) is 9.88. The summed E-state index contributed by atoms with van der Waals surface area (Å²) in [7, 11) is 0. The fraction of sp³-hybridized carbons (Fsp3) is 0.571. The molecule has 2 aliphatic heterocycles. The van der Waals surface area contributed by atoms with Crippen LogP contribution in [0.3, 0.4) is 0 Å². The van der Waals surface area contributed by atoms with Gasteiger partial charge in [0, 0.05) is 39.0 Å². The van der Waals surface area contributed by atoms with E-state index in [1.165, 1.54) is 11.1 Å². The summed E-state index contributed by atoms with van der Waals surface area (Å²) in [5.41, 5.74) is 2.49. The Morgan fingerprint density at radius 1 is 1.19 bits per heavy atom. The number of hydrogen-bond acceptors (Lipinski definition) is 4. The summed E-state index contributed by atoms with van der Waals surface area (Å²) in [4.78, 5) is 32.2. The van der Waals surface area contributed by atoms with Crippen LogP contribution in [0.1, 0.15) is 51.7 Å². The van der Waals surface area contributed by atoms with E-state index in [4.69, 9.17) is 0 Å². The Kier molecular flexibility index (Phi) is 7.90. The highest BCUT2D eigenvalue weighted by Gasteiger charge is 2.36. The number of hydrogen-bond donors (Lipinski definition) is 0. The minimum Gasteiger partial charge on any atom is -0.348 e. The zero-order chi connectivity index (χ0) is 20.0. The molecule has 3 rings (SSSR count). The van der Waals surface area contributed by atoms with E-state index in [1.54, 1.807) is 18.7 Å². The molecular weight excluding hydrogens is 358 g/mol. The number of carbonyl (C=O) groups is 2. The van der Waals surface area contributed by atoms with Gasteiger partial charge in [0.05, 0.1) is 0 Å². The lowest BCUT2D eigenvalue weighted by molar-refractivity contribution is -0.130. The van der Waals surface area contributed by atoms with Crippen LogP contribution in [0.2, 0.25) is 0 Å². The largest absolute Gasteiger partial charge is 0.348 e. The lowest BCUT2D eigenvalue weighted by atomic mass is 9.95. The third-order valence-corrected chi connectivity index (χ3v) is 6.47. The van der Waals surface area contributed by atoms with Crippen molar-refractivity contribution in [2.45, 2.75) is 52.2 Å². The zero-order valence-electron chi connectivity index (χ0n) is 17.1. The van der Waals surface area contributed by atoms with Crippen molar-refractivity contribution in [2.75, 3.05) is 26.2 Å². The Bertz CT molecular complexity index is 679. The van der Waals surface area contributed by atoms with Crippen molar-refractivity contribution in [2.24, 2.45) is 4.99 Å². The van der Waals surface area contributed by atoms with Gasteiger partial charge < -0.3 is 9.80 Å². The molecule has 0 radical (unpaired) electrons. The first-order valence-corrected chi connectivity index (χ1v) is 10.8. The van der Waals surface area contributed by atoms with Gasteiger partial charge in [0.2, 0.25) is 5.91 Å². The molecule has 2 aliphatic rings. The summed E-state index contributed by atoms with van der Waals surface area (Å²) in [5.74, 6) is 0.197. The molecule has 1 fully saturated rings. The van der Waals surface area contributed by atoms with Crippen molar-refractivity contribution < 1.29 is 9.59 Å². The number of benzene rings is 1. The number of aliphatic imine (C=N–C) groups is 1. The number of aryl methyl sites for hydroxylation is 1. The van der Waals surface area contributed by atoms with Crippen LogP contribution in [0.15, 0.2) is 29.3 Å². The SMILES string of the molecule is CC.CCc1ccc(C(C)C2SC(N3CCN(C(C)=O)CC3)=NC2=O)cc1. The predicted molar refractivity (Wildman–Crippen MR) is 113 cm³/mol. The summed E-state index contributed by atoms with van der Waals surface area (Å²) in [6, 6.07) is 8.53. The smallest absolute Gasteiger partial charge is 0.262 e. The summed E-state index contributed by atoms with van der Waals surface area (Å²) >= 11 is 1.57. The van der Waals surface area contributed by atoms with Crippen LogP contribution in [-0.2, 0) is 16.0 Å². The number of nitrogens with zero attached hydrogens (tertiary/aromatic N) is 3. The van der Waals surface area contributed by atoms with Crippen molar-refractivity contribution in [3.05, 3.63) is 35.4 Å². The number of carbonyl (C=O) groups excluding carboxylic acids is 2. The van der Waals surface area contributed by atoms with Gasteiger partial charge in [-0.25, -0.2) is 0 Å². The van der Waals surface area contributed by atoms with Gasteiger partial charge in [-0.15, -0.1) is 0 Å². The third-order valence-electron chi connectivity index (χ3n) is 5.04. The van der Waals surface area contributed by atoms with Crippen LogP contribution in [0, 0.1) is 0 Å². The van der Waals surface area contributed by atoms with E-state index in [0.717, 1.165) is 24.7 Å². The Morgan fingerprint density at radius 2 is 1.78 bits per heavy atom. The van der Waals surface area contributed by atoms with Crippen molar-refractivity contribution in [3.63, 3.8) is 0 Å². The third kappa shape index (κ3) is 5.12. The van der Waals surface area contributed by atoms with E-state index in [1.807, 2.05) is 18.7 Å². The van der Waals surface area contributed by atoms with E-state index in [-0.39, 0.29) is 23.0 Å². The molecular formula is C21H31N3O2S. The molecule has 0 saturated carbocycles. The molecule has 148 valence electrons. The van der Waals surface area contributed by atoms with Crippen LogP contribution in [0.5, 0.6) is 0 Å². The van der Waals surface area contributed by atoms with Gasteiger partial charge >= 0.3 is 0 Å². The van der Waals surface area contributed by atoms with Crippen molar-refractivity contribution in [3.8, 4) is 0 Å². The minimum atomic E-state index is -0.159. The van der Waals surface area contributed by atoms with E-state index in [2.05, 4.69) is 48.0 Å². The lowest BCUT2D eigenvalue weighted by Crippen LogP contribution is -2.49. The first kappa shape index (κ1) is 21.5. The van der Waals surface area contributed by atoms with E-state index >= 15 is 0 Å². The van der Waals surface area contributed by atoms with Gasteiger partial charge in [0.15, 0.2) is 5.17 Å². The molecule has 6 heteroatoms. The number of rotatable bonds is 3. The molecule has 0 spiro atoms. The van der Waals surface area contributed by atoms with Crippen LogP contribution in [0.4, 0.5) is 0 Å². The fourth-order valence-electron chi connectivity index (χ4n) is 3.25. The molecule has 2 heterocycles. The second-order valence-corrected chi connectivity index (χ2v) is 7.76. The Hall–Kier alpha value is -1.82. The quantitative estimate of drug-likeness (QED) is 0.793. The number of amidine groups is 1. The highest BCUT2D eigenvalue weighted by molar-refractivity contribution is 8.15. The van der Waals surface area contributed by atoms with Gasteiger partial charge in [-0.3, -0.25) is 9.59 Å². The van der Waals surface area contributed by atoms with E-state index < -0.39 is 0 Å². The monoisotopic (exact) mass is 389 g/mol.